The van der Waals surface area contributed by atoms with Gasteiger partial charge in [0.2, 0.25) is 11.8 Å². The summed E-state index contributed by atoms with van der Waals surface area (Å²) in [5, 5.41) is 15.5. The largest absolute Gasteiger partial charge is 0.483 e. The first kappa shape index (κ1) is 27.5. The van der Waals surface area contributed by atoms with Crippen LogP contribution in [0.25, 0.3) is 11.3 Å². The Balaban J connectivity index is 1.34. The lowest BCUT2D eigenvalue weighted by atomic mass is 10.0. The van der Waals surface area contributed by atoms with Crippen LogP contribution in [0.4, 0.5) is 26.2 Å². The quantitative estimate of drug-likeness (QED) is 0.452. The Kier molecular flexibility index (Phi) is 7.95. The van der Waals surface area contributed by atoms with Crippen LogP contribution in [0.1, 0.15) is 18.9 Å². The molecule has 2 saturated heterocycles. The fourth-order valence-electron chi connectivity index (χ4n) is 5.05. The lowest BCUT2D eigenvalue weighted by molar-refractivity contribution is -0.109. The van der Waals surface area contributed by atoms with E-state index in [-0.39, 0.29) is 17.7 Å². The smallest absolute Gasteiger partial charge is 0.296 e. The van der Waals surface area contributed by atoms with Gasteiger partial charge in [0.25, 0.3) is 5.92 Å². The van der Waals surface area contributed by atoms with Crippen LogP contribution >= 0.6 is 0 Å². The Labute approximate surface area is 232 Å². The first-order valence-corrected chi connectivity index (χ1v) is 13.2. The number of nitrogens with zero attached hydrogens (tertiary/aromatic N) is 6. The van der Waals surface area contributed by atoms with Crippen molar-refractivity contribution in [2.45, 2.75) is 31.4 Å². The second-order valence-electron chi connectivity index (χ2n) is 10.1. The number of methoxy groups -OCH3 is 1. The van der Waals surface area contributed by atoms with Crippen molar-refractivity contribution >= 4 is 17.5 Å². The molecule has 40 heavy (non-hydrogen) atoms. The fraction of sp³-hybridized carbons (Fsp3) is 0.429. The van der Waals surface area contributed by atoms with Crippen molar-refractivity contribution in [1.82, 2.24) is 25.2 Å². The summed E-state index contributed by atoms with van der Waals surface area (Å²) >= 11 is 0. The number of likely N-dealkylation sites (N-methyl/N-ethyl adjacent to an activating group) is 1. The van der Waals surface area contributed by atoms with E-state index in [1.54, 1.807) is 31.5 Å². The van der Waals surface area contributed by atoms with Crippen molar-refractivity contribution in [2.24, 2.45) is 0 Å². The minimum absolute atomic E-state index is 0.122. The van der Waals surface area contributed by atoms with Crippen LogP contribution in [0.3, 0.4) is 0 Å². The highest BCUT2D eigenvalue weighted by Crippen LogP contribution is 2.33. The third-order valence-electron chi connectivity index (χ3n) is 7.15. The molecule has 2 atom stereocenters. The highest BCUT2D eigenvalue weighted by atomic mass is 19.3. The number of hydrogen-bond donors (Lipinski definition) is 2. The molecule has 0 aliphatic carbocycles. The molecule has 210 valence electrons. The molecule has 2 aliphatic heterocycles. The molecular formula is C28H32F2N8O2. The zero-order valence-electron chi connectivity index (χ0n) is 22.7. The van der Waals surface area contributed by atoms with Crippen molar-refractivity contribution in [2.75, 3.05) is 57.1 Å². The predicted octanol–water partition coefficient (Wildman–Crippen LogP) is 3.68. The summed E-state index contributed by atoms with van der Waals surface area (Å²) < 4.78 is 39.7. The summed E-state index contributed by atoms with van der Waals surface area (Å²) in [5.74, 6) is -1.57. The Bertz CT molecular complexity index is 1400. The Morgan fingerprint density at radius 3 is 2.77 bits per heavy atom. The van der Waals surface area contributed by atoms with E-state index < -0.39 is 18.6 Å². The molecule has 2 N–H and O–H groups in total. The topological polar surface area (TPSA) is 111 Å². The van der Waals surface area contributed by atoms with Crippen LogP contribution in [0.15, 0.2) is 42.6 Å². The van der Waals surface area contributed by atoms with E-state index in [4.69, 9.17) is 9.47 Å². The van der Waals surface area contributed by atoms with Gasteiger partial charge in [0, 0.05) is 43.9 Å². The van der Waals surface area contributed by atoms with Crippen LogP contribution in [0.5, 0.6) is 11.6 Å². The van der Waals surface area contributed by atoms with Gasteiger partial charge >= 0.3 is 0 Å². The van der Waals surface area contributed by atoms with Crippen molar-refractivity contribution in [3.63, 3.8) is 0 Å². The Morgan fingerprint density at radius 2 is 2.02 bits per heavy atom. The first-order chi connectivity index (χ1) is 19.3. The van der Waals surface area contributed by atoms with E-state index >= 15 is 0 Å². The number of piperidine rings is 1. The maximum atomic E-state index is 14.2. The van der Waals surface area contributed by atoms with Gasteiger partial charge < -0.3 is 29.9 Å². The minimum Gasteiger partial charge on any atom is -0.483 e. The number of nitriles is 1. The highest BCUT2D eigenvalue weighted by molar-refractivity contribution is 5.66. The molecule has 1 aromatic carbocycles. The molecule has 2 aromatic heterocycles. The molecule has 0 amide bonds. The van der Waals surface area contributed by atoms with Gasteiger partial charge in [0.15, 0.2) is 6.10 Å². The lowest BCUT2D eigenvalue weighted by Gasteiger charge is -2.40. The summed E-state index contributed by atoms with van der Waals surface area (Å²) in [6, 6.07) is 12.7. The fourth-order valence-corrected chi connectivity index (χ4v) is 5.05. The molecule has 0 radical (unpaired) electrons. The van der Waals surface area contributed by atoms with Crippen LogP contribution < -0.4 is 25.0 Å². The number of ether oxygens (including phenoxy) is 2. The van der Waals surface area contributed by atoms with Gasteiger partial charge in [0.05, 0.1) is 24.9 Å². The van der Waals surface area contributed by atoms with Gasteiger partial charge in [-0.05, 0) is 56.9 Å². The number of halogens is 2. The first-order valence-electron chi connectivity index (χ1n) is 13.2. The lowest BCUT2D eigenvalue weighted by Crippen LogP contribution is -2.52. The van der Waals surface area contributed by atoms with Crippen molar-refractivity contribution in [1.29, 1.82) is 5.26 Å². The third-order valence-corrected chi connectivity index (χ3v) is 7.15. The van der Waals surface area contributed by atoms with Crippen LogP contribution in [-0.2, 0) is 0 Å². The summed E-state index contributed by atoms with van der Waals surface area (Å²) in [4.78, 5) is 18.1. The Hall–Kier alpha value is -4.08. The number of pyridine rings is 1. The van der Waals surface area contributed by atoms with E-state index in [0.717, 1.165) is 25.3 Å². The van der Waals surface area contributed by atoms with Crippen molar-refractivity contribution in [3.05, 3.63) is 48.2 Å². The van der Waals surface area contributed by atoms with Gasteiger partial charge in [0.1, 0.15) is 23.3 Å². The molecule has 0 bridgehead atoms. The van der Waals surface area contributed by atoms with Crippen molar-refractivity contribution in [3.8, 4) is 29.0 Å². The molecule has 2 aliphatic rings. The summed E-state index contributed by atoms with van der Waals surface area (Å²) in [6.45, 7) is 4.94. The number of hydrogen-bond acceptors (Lipinski definition) is 10. The van der Waals surface area contributed by atoms with E-state index in [1.165, 1.54) is 6.07 Å². The third kappa shape index (κ3) is 5.90. The zero-order chi connectivity index (χ0) is 28.3. The van der Waals surface area contributed by atoms with E-state index in [1.807, 2.05) is 12.1 Å². The molecular weight excluding hydrogens is 518 g/mol. The van der Waals surface area contributed by atoms with Gasteiger partial charge in [-0.25, -0.2) is 18.7 Å². The molecule has 12 heteroatoms. The van der Waals surface area contributed by atoms with Gasteiger partial charge in [-0.15, -0.1) is 0 Å². The van der Waals surface area contributed by atoms with Gasteiger partial charge in [-0.3, -0.25) is 0 Å². The Morgan fingerprint density at radius 1 is 1.18 bits per heavy atom. The van der Waals surface area contributed by atoms with Crippen LogP contribution in [0, 0.1) is 11.3 Å². The van der Waals surface area contributed by atoms with E-state index in [0.29, 0.717) is 41.5 Å². The number of piperazine rings is 1. The molecule has 1 unspecified atom stereocenters. The number of aromatic nitrogens is 3. The molecule has 10 nitrogen and oxygen atoms in total. The predicted molar refractivity (Wildman–Crippen MR) is 147 cm³/mol. The zero-order valence-corrected chi connectivity index (χ0v) is 22.7. The maximum Gasteiger partial charge on any atom is 0.296 e. The van der Waals surface area contributed by atoms with Gasteiger partial charge in [-0.1, -0.05) is 0 Å². The number of anilines is 3. The standard InChI is InChI=1S/C28H32F2N8O2/c1-18-16-37(2)12-13-38(18)22-5-7-25(35-26(22)39-3)36-27-33-11-8-21(34-27)19-4-6-23(20(14-19)15-31)40-24-9-10-32-17-28(24,29)30/h4-8,11,14,18,24,32H,9-10,12-13,16-17H2,1-3H3,(H,33,34,35,36)/t18-,24?/m1/s1. The second kappa shape index (κ2) is 11.6. The van der Waals surface area contributed by atoms with Crippen LogP contribution in [-0.4, -0.2) is 84.8 Å². The summed E-state index contributed by atoms with van der Waals surface area (Å²) in [5.41, 5.74) is 2.25. The molecule has 0 saturated carbocycles. The SMILES string of the molecule is COc1nc(Nc2nccc(-c3ccc(OC4CCNCC4(F)F)c(C#N)c3)n2)ccc1N1CCN(C)C[C@H]1C. The average Bonchev–Trinajstić information content (AvgIpc) is 2.94. The number of benzene rings is 1. The number of alkyl halides is 2. The summed E-state index contributed by atoms with van der Waals surface area (Å²) in [6.07, 6.45) is 0.445. The number of rotatable bonds is 7. The van der Waals surface area contributed by atoms with E-state index in [9.17, 15) is 14.0 Å². The minimum atomic E-state index is -3.02. The molecule has 5 rings (SSSR count). The van der Waals surface area contributed by atoms with Gasteiger partial charge in [-0.2, -0.15) is 10.2 Å². The maximum absolute atomic E-state index is 14.2. The number of nitrogens with one attached hydrogen (secondary N) is 2. The normalized spacial score (nSPS) is 20.9. The van der Waals surface area contributed by atoms with E-state index in [2.05, 4.69) is 55.4 Å². The summed E-state index contributed by atoms with van der Waals surface area (Å²) in [7, 11) is 3.71. The van der Waals surface area contributed by atoms with Crippen LogP contribution in [0.2, 0.25) is 0 Å². The molecule has 4 heterocycles. The average molecular weight is 551 g/mol. The second-order valence-corrected chi connectivity index (χ2v) is 10.1. The van der Waals surface area contributed by atoms with Crippen molar-refractivity contribution < 1.29 is 18.3 Å². The molecule has 2 fully saturated rings. The molecule has 3 aromatic rings. The monoisotopic (exact) mass is 550 g/mol. The highest BCUT2D eigenvalue weighted by Gasteiger charge is 2.43. The molecule has 0 spiro atoms.